The van der Waals surface area contributed by atoms with Crippen LogP contribution in [0.2, 0.25) is 0 Å². The summed E-state index contributed by atoms with van der Waals surface area (Å²) in [4.78, 5) is 14.5. The number of nitrogens with one attached hydrogen (secondary N) is 1. The Hall–Kier alpha value is -1.88. The van der Waals surface area contributed by atoms with Crippen LogP contribution in [0.3, 0.4) is 0 Å². The lowest BCUT2D eigenvalue weighted by Crippen LogP contribution is -2.23. The second-order valence-electron chi connectivity index (χ2n) is 5.86. The number of nitrogens with two attached hydrogens (primary N) is 1. The highest BCUT2D eigenvalue weighted by Gasteiger charge is 2.05. The maximum atomic E-state index is 12.2. The van der Waals surface area contributed by atoms with Gasteiger partial charge in [-0.1, -0.05) is 50.2 Å². The number of hydrogen-bond donors (Lipinski definition) is 2. The Kier molecular flexibility index (Phi) is 9.21. The van der Waals surface area contributed by atoms with Gasteiger partial charge in [0.1, 0.15) is 0 Å². The van der Waals surface area contributed by atoms with Crippen LogP contribution < -0.4 is 11.1 Å². The Balaban J connectivity index is 0.00000312. The van der Waals surface area contributed by atoms with Crippen molar-refractivity contribution < 1.29 is 4.79 Å². The summed E-state index contributed by atoms with van der Waals surface area (Å²) in [5.41, 5.74) is 9.65. The van der Waals surface area contributed by atoms with E-state index in [1.54, 1.807) is 0 Å². The van der Waals surface area contributed by atoms with Gasteiger partial charge in [-0.3, -0.25) is 9.69 Å². The van der Waals surface area contributed by atoms with Gasteiger partial charge in [0.2, 0.25) is 0 Å². The third-order valence-corrected chi connectivity index (χ3v) is 4.23. The first kappa shape index (κ1) is 21.2. The van der Waals surface area contributed by atoms with E-state index >= 15 is 0 Å². The maximum absolute atomic E-state index is 12.2. The van der Waals surface area contributed by atoms with E-state index in [4.69, 9.17) is 5.73 Å². The molecule has 0 saturated carbocycles. The van der Waals surface area contributed by atoms with Crippen LogP contribution in [0.5, 0.6) is 0 Å². The van der Waals surface area contributed by atoms with Crippen LogP contribution in [0, 0.1) is 0 Å². The third-order valence-electron chi connectivity index (χ3n) is 4.23. The van der Waals surface area contributed by atoms with Crippen LogP contribution in [-0.4, -0.2) is 23.9 Å². The molecular formula is C20H28ClN3O. The monoisotopic (exact) mass is 361 g/mol. The summed E-state index contributed by atoms with van der Waals surface area (Å²) in [6.07, 6.45) is 0. The highest BCUT2D eigenvalue weighted by atomic mass is 35.5. The molecule has 2 aromatic rings. The van der Waals surface area contributed by atoms with Crippen molar-refractivity contribution in [3.05, 3.63) is 70.8 Å². The van der Waals surface area contributed by atoms with Crippen molar-refractivity contribution in [2.45, 2.75) is 33.5 Å². The second-order valence-corrected chi connectivity index (χ2v) is 5.86. The van der Waals surface area contributed by atoms with Crippen LogP contribution in [0.1, 0.15) is 40.9 Å². The molecular weight excluding hydrogens is 334 g/mol. The minimum absolute atomic E-state index is 0. The Morgan fingerprint density at radius 2 is 1.44 bits per heavy atom. The predicted molar refractivity (Wildman–Crippen MR) is 106 cm³/mol. The van der Waals surface area contributed by atoms with Gasteiger partial charge in [0.15, 0.2) is 0 Å². The topological polar surface area (TPSA) is 58.4 Å². The van der Waals surface area contributed by atoms with Crippen molar-refractivity contribution in [3.8, 4) is 0 Å². The number of carbonyl (C=O) groups is 1. The van der Waals surface area contributed by atoms with Gasteiger partial charge >= 0.3 is 0 Å². The summed E-state index contributed by atoms with van der Waals surface area (Å²) in [7, 11) is 0. The van der Waals surface area contributed by atoms with Crippen molar-refractivity contribution in [2.75, 3.05) is 13.1 Å². The van der Waals surface area contributed by atoms with Crippen LogP contribution in [-0.2, 0) is 19.6 Å². The first-order valence-corrected chi connectivity index (χ1v) is 8.53. The van der Waals surface area contributed by atoms with E-state index in [1.165, 1.54) is 5.56 Å². The SMILES string of the molecule is CCN(CC)Cc1ccc(CNC(=O)c2ccc(CN)cc2)cc1.Cl. The molecule has 0 radical (unpaired) electrons. The molecule has 0 bridgehead atoms. The predicted octanol–water partition coefficient (Wildman–Crippen LogP) is 3.34. The fourth-order valence-electron chi connectivity index (χ4n) is 2.54. The zero-order chi connectivity index (χ0) is 17.4. The normalized spacial score (nSPS) is 10.4. The standard InChI is InChI=1S/C20H27N3O.ClH/c1-3-23(4-2)15-18-7-5-17(6-8-18)14-22-20(24)19-11-9-16(13-21)10-12-19;/h5-12H,3-4,13-15,21H2,1-2H3,(H,22,24);1H. The number of nitrogens with zero attached hydrogens (tertiary/aromatic N) is 1. The van der Waals surface area contributed by atoms with Crippen LogP contribution in [0.15, 0.2) is 48.5 Å². The fraction of sp³-hybridized carbons (Fsp3) is 0.350. The largest absolute Gasteiger partial charge is 0.348 e. The fourth-order valence-corrected chi connectivity index (χ4v) is 2.54. The summed E-state index contributed by atoms with van der Waals surface area (Å²) in [5.74, 6) is -0.0641. The van der Waals surface area contributed by atoms with E-state index in [0.717, 1.165) is 30.8 Å². The van der Waals surface area contributed by atoms with Gasteiger partial charge in [-0.15, -0.1) is 12.4 Å². The Morgan fingerprint density at radius 1 is 0.920 bits per heavy atom. The van der Waals surface area contributed by atoms with E-state index < -0.39 is 0 Å². The molecule has 0 heterocycles. The average Bonchev–Trinajstić information content (AvgIpc) is 2.65. The molecule has 0 saturated heterocycles. The number of halogens is 1. The molecule has 0 spiro atoms. The molecule has 25 heavy (non-hydrogen) atoms. The molecule has 0 unspecified atom stereocenters. The van der Waals surface area contributed by atoms with Crippen molar-refractivity contribution >= 4 is 18.3 Å². The van der Waals surface area contributed by atoms with E-state index in [1.807, 2.05) is 24.3 Å². The lowest BCUT2D eigenvalue weighted by Gasteiger charge is -2.18. The molecule has 0 aliphatic carbocycles. The Labute approximate surface area is 156 Å². The molecule has 4 nitrogen and oxygen atoms in total. The molecule has 0 aliphatic rings. The molecule has 0 aromatic heterocycles. The Bertz CT molecular complexity index is 637. The van der Waals surface area contributed by atoms with Gasteiger partial charge in [-0.05, 0) is 41.9 Å². The van der Waals surface area contributed by atoms with Crippen LogP contribution in [0.4, 0.5) is 0 Å². The molecule has 2 aromatic carbocycles. The van der Waals surface area contributed by atoms with E-state index in [9.17, 15) is 4.79 Å². The second kappa shape index (κ2) is 10.9. The highest BCUT2D eigenvalue weighted by Crippen LogP contribution is 2.08. The van der Waals surface area contributed by atoms with Crippen molar-refractivity contribution in [1.29, 1.82) is 0 Å². The summed E-state index contributed by atoms with van der Waals surface area (Å²) in [6, 6.07) is 15.8. The van der Waals surface area contributed by atoms with Gasteiger partial charge in [-0.2, -0.15) is 0 Å². The Morgan fingerprint density at radius 3 is 1.96 bits per heavy atom. The quantitative estimate of drug-likeness (QED) is 0.758. The molecule has 0 fully saturated rings. The molecule has 3 N–H and O–H groups in total. The minimum atomic E-state index is -0.0641. The van der Waals surface area contributed by atoms with Crippen molar-refractivity contribution in [1.82, 2.24) is 10.2 Å². The average molecular weight is 362 g/mol. The minimum Gasteiger partial charge on any atom is -0.348 e. The summed E-state index contributed by atoms with van der Waals surface area (Å²) >= 11 is 0. The molecule has 136 valence electrons. The van der Waals surface area contributed by atoms with E-state index in [2.05, 4.69) is 48.3 Å². The van der Waals surface area contributed by atoms with Gasteiger partial charge in [-0.25, -0.2) is 0 Å². The van der Waals surface area contributed by atoms with Crippen LogP contribution in [0.25, 0.3) is 0 Å². The van der Waals surface area contributed by atoms with Gasteiger partial charge in [0.05, 0.1) is 0 Å². The summed E-state index contributed by atoms with van der Waals surface area (Å²) in [6.45, 7) is 8.44. The maximum Gasteiger partial charge on any atom is 0.251 e. The molecule has 5 heteroatoms. The number of benzene rings is 2. The van der Waals surface area contributed by atoms with E-state index in [-0.39, 0.29) is 18.3 Å². The van der Waals surface area contributed by atoms with Crippen LogP contribution >= 0.6 is 12.4 Å². The number of carbonyl (C=O) groups excluding carboxylic acids is 1. The van der Waals surface area contributed by atoms with Gasteiger partial charge in [0.25, 0.3) is 5.91 Å². The molecule has 0 atom stereocenters. The van der Waals surface area contributed by atoms with E-state index in [0.29, 0.717) is 18.7 Å². The number of amides is 1. The smallest absolute Gasteiger partial charge is 0.251 e. The highest BCUT2D eigenvalue weighted by molar-refractivity contribution is 5.94. The van der Waals surface area contributed by atoms with Gasteiger partial charge < -0.3 is 11.1 Å². The molecule has 0 aliphatic heterocycles. The third kappa shape index (κ3) is 6.50. The zero-order valence-corrected chi connectivity index (χ0v) is 15.8. The summed E-state index contributed by atoms with van der Waals surface area (Å²) in [5, 5.41) is 2.95. The molecule has 2 rings (SSSR count). The lowest BCUT2D eigenvalue weighted by molar-refractivity contribution is 0.0951. The van der Waals surface area contributed by atoms with Crippen molar-refractivity contribution in [3.63, 3.8) is 0 Å². The van der Waals surface area contributed by atoms with Gasteiger partial charge in [0, 0.05) is 25.2 Å². The first-order chi connectivity index (χ1) is 11.7. The zero-order valence-electron chi connectivity index (χ0n) is 15.0. The first-order valence-electron chi connectivity index (χ1n) is 8.53. The lowest BCUT2D eigenvalue weighted by atomic mass is 10.1. The molecule has 1 amide bonds. The summed E-state index contributed by atoms with van der Waals surface area (Å²) < 4.78 is 0. The van der Waals surface area contributed by atoms with Crippen molar-refractivity contribution in [2.24, 2.45) is 5.73 Å². The number of rotatable bonds is 8. The number of hydrogen-bond acceptors (Lipinski definition) is 3.